The number of nitrogens with zero attached hydrogens (tertiary/aromatic N) is 5. The van der Waals surface area contributed by atoms with E-state index in [9.17, 15) is 9.90 Å². The molecule has 1 aliphatic carbocycles. The predicted molar refractivity (Wildman–Crippen MR) is 211 cm³/mol. The molecule has 6 rings (SSSR count). The van der Waals surface area contributed by atoms with Crippen molar-refractivity contribution < 1.29 is 9.90 Å². The average molecular weight is 672 g/mol. The molecule has 5 aromatic rings. The number of carbonyl (C=O) groups is 1. The van der Waals surface area contributed by atoms with Crippen LogP contribution in [0.15, 0.2) is 162 Å². The molecular weight excluding hydrogens is 631 g/mol. The molecule has 5 aromatic carbocycles. The number of rotatable bonds is 11. The van der Waals surface area contributed by atoms with Crippen LogP contribution in [-0.4, -0.2) is 39.3 Å². The fraction of sp³-hybridized carbons (Fsp3) is 0.136. The molecule has 7 nitrogen and oxygen atoms in total. The van der Waals surface area contributed by atoms with E-state index in [0.717, 1.165) is 62.2 Å². The first-order valence-corrected chi connectivity index (χ1v) is 16.8. The Morgan fingerprint density at radius 2 is 1.00 bits per heavy atom. The normalized spacial score (nSPS) is 13.5. The van der Waals surface area contributed by atoms with E-state index in [1.807, 2.05) is 88.9 Å². The second-order valence-electron chi connectivity index (χ2n) is 12.7. The molecule has 254 valence electrons. The van der Waals surface area contributed by atoms with E-state index in [-0.39, 0.29) is 5.70 Å². The summed E-state index contributed by atoms with van der Waals surface area (Å²) < 4.78 is 0. The number of anilines is 7. The van der Waals surface area contributed by atoms with Crippen molar-refractivity contribution >= 4 is 51.9 Å². The summed E-state index contributed by atoms with van der Waals surface area (Å²) in [6.07, 6.45) is 5.03. The third kappa shape index (κ3) is 7.71. The van der Waals surface area contributed by atoms with Gasteiger partial charge in [-0.2, -0.15) is 0 Å². The molecule has 0 aromatic heterocycles. The second-order valence-corrected chi connectivity index (χ2v) is 12.7. The van der Waals surface area contributed by atoms with Crippen LogP contribution in [0.1, 0.15) is 18.4 Å². The topological polar surface area (TPSA) is 54.6 Å². The van der Waals surface area contributed by atoms with Crippen LogP contribution in [-0.2, 0) is 4.79 Å². The van der Waals surface area contributed by atoms with E-state index in [1.54, 1.807) is 0 Å². The lowest BCUT2D eigenvalue weighted by Gasteiger charge is -2.29. The zero-order valence-corrected chi connectivity index (χ0v) is 29.4. The van der Waals surface area contributed by atoms with E-state index >= 15 is 0 Å². The van der Waals surface area contributed by atoms with Gasteiger partial charge < -0.3 is 24.7 Å². The largest absolute Gasteiger partial charge is 0.486 e. The zero-order chi connectivity index (χ0) is 35.9. The number of benzene rings is 5. The van der Waals surface area contributed by atoms with Crippen molar-refractivity contribution in [1.82, 2.24) is 0 Å². The fourth-order valence-electron chi connectivity index (χ4n) is 6.32. The molecule has 0 atom stereocenters. The summed E-state index contributed by atoms with van der Waals surface area (Å²) in [5, 5.41) is 9.76. The van der Waals surface area contributed by atoms with E-state index in [1.165, 1.54) is 6.08 Å². The van der Waals surface area contributed by atoms with Crippen LogP contribution < -0.4 is 19.6 Å². The minimum Gasteiger partial charge on any atom is -0.486 e. The summed E-state index contributed by atoms with van der Waals surface area (Å²) in [5.41, 5.74) is 10.8. The number of hydrogen-bond donors (Lipinski definition) is 1. The van der Waals surface area contributed by atoms with Gasteiger partial charge in [0.1, 0.15) is 0 Å². The van der Waals surface area contributed by atoms with Crippen LogP contribution in [0.5, 0.6) is 0 Å². The van der Waals surface area contributed by atoms with Crippen molar-refractivity contribution in [2.24, 2.45) is 0 Å². The van der Waals surface area contributed by atoms with Crippen molar-refractivity contribution in [2.45, 2.75) is 12.8 Å². The summed E-state index contributed by atoms with van der Waals surface area (Å²) in [7, 11) is 8.16. The Kier molecular flexibility index (Phi) is 10.3. The van der Waals surface area contributed by atoms with Gasteiger partial charge in [0.05, 0.1) is 12.3 Å². The first-order chi connectivity index (χ1) is 24.7. The van der Waals surface area contributed by atoms with Crippen LogP contribution in [0.3, 0.4) is 0 Å². The smallest absolute Gasteiger partial charge is 0.333 e. The Hall–Kier alpha value is -6.52. The maximum absolute atomic E-state index is 12.0. The SMILES string of the molecule is [C-]#[N+]/C(=C\C1=C(N(c2ccccc2)c2ccccc2)C(=C/c2ccc(N(c3ccc(N(C)C)cc3)c3ccc(N(C)C)cc3)cc2)/CC1)C(=O)O. The lowest BCUT2D eigenvalue weighted by Crippen LogP contribution is -2.17. The molecule has 0 unspecified atom stereocenters. The van der Waals surface area contributed by atoms with Gasteiger partial charge in [0.25, 0.3) is 5.70 Å². The van der Waals surface area contributed by atoms with Gasteiger partial charge in [-0.1, -0.05) is 48.5 Å². The van der Waals surface area contributed by atoms with Crippen LogP contribution in [0, 0.1) is 6.57 Å². The predicted octanol–water partition coefficient (Wildman–Crippen LogP) is 10.4. The lowest BCUT2D eigenvalue weighted by molar-refractivity contribution is -0.132. The van der Waals surface area contributed by atoms with Gasteiger partial charge in [0.2, 0.25) is 0 Å². The van der Waals surface area contributed by atoms with Crippen molar-refractivity contribution in [1.29, 1.82) is 0 Å². The highest BCUT2D eigenvalue weighted by molar-refractivity contribution is 5.90. The average Bonchev–Trinajstić information content (AvgIpc) is 3.53. The van der Waals surface area contributed by atoms with Gasteiger partial charge >= 0.3 is 5.97 Å². The second kappa shape index (κ2) is 15.4. The number of carboxylic acids is 1. The van der Waals surface area contributed by atoms with Crippen LogP contribution in [0.2, 0.25) is 0 Å². The molecule has 0 spiro atoms. The molecule has 0 amide bonds. The number of allylic oxidation sites excluding steroid dienone is 3. The molecule has 0 fully saturated rings. The minimum atomic E-state index is -1.23. The number of hydrogen-bond acceptors (Lipinski definition) is 5. The minimum absolute atomic E-state index is 0.300. The van der Waals surface area contributed by atoms with Crippen LogP contribution in [0.4, 0.5) is 39.8 Å². The molecule has 0 radical (unpaired) electrons. The Balaban J connectivity index is 1.44. The Morgan fingerprint density at radius 1 is 0.588 bits per heavy atom. The van der Waals surface area contributed by atoms with Crippen LogP contribution >= 0.6 is 0 Å². The van der Waals surface area contributed by atoms with Gasteiger partial charge in [-0.05, 0) is 127 Å². The maximum atomic E-state index is 12.0. The van der Waals surface area contributed by atoms with E-state index in [0.29, 0.717) is 12.8 Å². The van der Waals surface area contributed by atoms with E-state index < -0.39 is 5.97 Å². The quantitative estimate of drug-likeness (QED) is 0.111. The third-order valence-corrected chi connectivity index (χ3v) is 8.92. The van der Waals surface area contributed by atoms with Crippen molar-refractivity contribution in [3.05, 3.63) is 179 Å². The molecule has 0 saturated carbocycles. The lowest BCUT2D eigenvalue weighted by atomic mass is 10.0. The summed E-state index contributed by atoms with van der Waals surface area (Å²) in [6.45, 7) is 7.54. The molecule has 0 bridgehead atoms. The molecule has 0 saturated heterocycles. The highest BCUT2D eigenvalue weighted by Gasteiger charge is 2.27. The summed E-state index contributed by atoms with van der Waals surface area (Å²) in [4.78, 5) is 23.9. The summed E-state index contributed by atoms with van der Waals surface area (Å²) >= 11 is 0. The monoisotopic (exact) mass is 671 g/mol. The molecule has 0 aliphatic heterocycles. The maximum Gasteiger partial charge on any atom is 0.333 e. The Labute approximate surface area is 300 Å². The standard InChI is InChI=1S/C44H41N5O2/c1-45-42(44(50)51)31-34-19-18-33(43(34)49(37-12-8-6-9-13-37)38-14-10-7-11-15-38)30-32-16-20-39(21-17-32)48(40-26-22-35(23-27-40)46(2)3)41-28-24-36(25-29-41)47(4)5/h6-17,20-31H,18-19H2,2-5H3,(H,50,51)/b33-30+,42-31-. The van der Waals surface area contributed by atoms with Gasteiger partial charge in [-0.25, -0.2) is 4.85 Å². The third-order valence-electron chi connectivity index (χ3n) is 8.92. The van der Waals surface area contributed by atoms with Gasteiger partial charge in [0.15, 0.2) is 0 Å². The van der Waals surface area contributed by atoms with Gasteiger partial charge in [0, 0.05) is 68.0 Å². The van der Waals surface area contributed by atoms with E-state index in [2.05, 4.69) is 103 Å². The molecule has 1 N–H and O–H groups in total. The molecular formula is C44H41N5O2. The van der Waals surface area contributed by atoms with Gasteiger partial charge in [-0.3, -0.25) is 4.79 Å². The van der Waals surface area contributed by atoms with Crippen LogP contribution in [0.25, 0.3) is 10.9 Å². The molecule has 0 heterocycles. The van der Waals surface area contributed by atoms with Crippen molar-refractivity contribution in [3.8, 4) is 0 Å². The summed E-state index contributed by atoms with van der Waals surface area (Å²) in [5.74, 6) is -1.23. The fourth-order valence-corrected chi connectivity index (χ4v) is 6.32. The number of carboxylic acid groups (broad SMARTS) is 1. The highest BCUT2D eigenvalue weighted by atomic mass is 16.4. The van der Waals surface area contributed by atoms with Crippen molar-refractivity contribution in [2.75, 3.05) is 47.8 Å². The first-order valence-electron chi connectivity index (χ1n) is 16.8. The first kappa shape index (κ1) is 34.3. The Bertz CT molecular complexity index is 2020. The molecule has 7 heteroatoms. The summed E-state index contributed by atoms with van der Waals surface area (Å²) in [6, 6.07) is 45.7. The zero-order valence-electron chi connectivity index (χ0n) is 29.4. The highest BCUT2D eigenvalue weighted by Crippen LogP contribution is 2.43. The molecule has 1 aliphatic rings. The number of aliphatic carboxylic acids is 1. The van der Waals surface area contributed by atoms with Crippen molar-refractivity contribution in [3.63, 3.8) is 0 Å². The molecule has 51 heavy (non-hydrogen) atoms. The Morgan fingerprint density at radius 3 is 1.41 bits per heavy atom. The van der Waals surface area contributed by atoms with E-state index in [4.69, 9.17) is 6.57 Å². The number of para-hydroxylation sites is 2. The van der Waals surface area contributed by atoms with Gasteiger partial charge in [-0.15, -0.1) is 0 Å².